The molecule has 29 heavy (non-hydrogen) atoms. The maximum atomic E-state index is 12.4. The minimum absolute atomic E-state index is 0.191. The van der Waals surface area contributed by atoms with Crippen molar-refractivity contribution in [3.63, 3.8) is 0 Å². The van der Waals surface area contributed by atoms with Gasteiger partial charge in [-0.3, -0.25) is 14.5 Å². The van der Waals surface area contributed by atoms with Crippen molar-refractivity contribution in [2.75, 3.05) is 13.2 Å². The number of hydrogen-bond donors (Lipinski definition) is 0. The zero-order valence-corrected chi connectivity index (χ0v) is 16.2. The highest BCUT2D eigenvalue weighted by atomic mass is 16.5. The first-order valence-corrected chi connectivity index (χ1v) is 9.93. The zero-order valence-electron chi connectivity index (χ0n) is 16.2. The smallest absolute Gasteiger partial charge is 0.261 e. The van der Waals surface area contributed by atoms with Crippen LogP contribution in [0, 0.1) is 0 Å². The highest BCUT2D eigenvalue weighted by molar-refractivity contribution is 6.21. The Morgan fingerprint density at radius 2 is 1.34 bits per heavy atom. The molecule has 3 aromatic carbocycles. The maximum absolute atomic E-state index is 12.4. The van der Waals surface area contributed by atoms with Crippen molar-refractivity contribution in [3.8, 4) is 5.75 Å². The van der Waals surface area contributed by atoms with Gasteiger partial charge in [0.25, 0.3) is 11.8 Å². The number of nitrogens with zero attached hydrogens (tertiary/aromatic N) is 1. The van der Waals surface area contributed by atoms with Crippen LogP contribution in [0.15, 0.2) is 78.9 Å². The van der Waals surface area contributed by atoms with Gasteiger partial charge in [0.05, 0.1) is 17.7 Å². The minimum atomic E-state index is -0.191. The molecule has 0 saturated carbocycles. The third-order valence-corrected chi connectivity index (χ3v) is 5.13. The molecule has 1 aliphatic rings. The van der Waals surface area contributed by atoms with E-state index in [9.17, 15) is 9.59 Å². The number of carbonyl (C=O) groups excluding carboxylic acids is 2. The Kier molecular flexibility index (Phi) is 5.71. The highest BCUT2D eigenvalue weighted by Gasteiger charge is 2.34. The first-order chi connectivity index (χ1) is 14.2. The zero-order chi connectivity index (χ0) is 20.1. The van der Waals surface area contributed by atoms with Gasteiger partial charge in [0.15, 0.2) is 0 Å². The fourth-order valence-electron chi connectivity index (χ4n) is 3.61. The highest BCUT2D eigenvalue weighted by Crippen LogP contribution is 2.23. The molecule has 0 aromatic heterocycles. The summed E-state index contributed by atoms with van der Waals surface area (Å²) in [6.07, 6.45) is 2.37. The van der Waals surface area contributed by atoms with E-state index in [1.807, 2.05) is 42.5 Å². The Morgan fingerprint density at radius 1 is 0.690 bits per heavy atom. The lowest BCUT2D eigenvalue weighted by molar-refractivity contribution is 0.0652. The molecule has 0 radical (unpaired) electrons. The number of amides is 2. The molecule has 0 aliphatic carbocycles. The van der Waals surface area contributed by atoms with Crippen LogP contribution < -0.4 is 4.74 Å². The van der Waals surface area contributed by atoms with Crippen molar-refractivity contribution in [2.45, 2.75) is 19.3 Å². The van der Waals surface area contributed by atoms with Crippen molar-refractivity contribution in [3.05, 3.63) is 101 Å². The lowest BCUT2D eigenvalue weighted by Crippen LogP contribution is -2.30. The number of imide groups is 1. The van der Waals surface area contributed by atoms with Crippen LogP contribution in [0.1, 0.15) is 38.3 Å². The van der Waals surface area contributed by atoms with Gasteiger partial charge >= 0.3 is 0 Å². The SMILES string of the molecule is O=C1c2ccccc2C(=O)N1CCCc1cccc(OCCc2ccccc2)c1. The molecule has 1 heterocycles. The van der Waals surface area contributed by atoms with Gasteiger partial charge in [-0.25, -0.2) is 0 Å². The van der Waals surface area contributed by atoms with Crippen LogP contribution in [-0.4, -0.2) is 29.9 Å². The summed E-state index contributed by atoms with van der Waals surface area (Å²) < 4.78 is 5.89. The van der Waals surface area contributed by atoms with Crippen LogP contribution in [0.5, 0.6) is 5.75 Å². The van der Waals surface area contributed by atoms with Gasteiger partial charge in [-0.2, -0.15) is 0 Å². The van der Waals surface area contributed by atoms with Crippen molar-refractivity contribution in [1.82, 2.24) is 4.90 Å². The van der Waals surface area contributed by atoms with E-state index in [-0.39, 0.29) is 11.8 Å². The van der Waals surface area contributed by atoms with E-state index >= 15 is 0 Å². The van der Waals surface area contributed by atoms with Gasteiger partial charge in [0.2, 0.25) is 0 Å². The van der Waals surface area contributed by atoms with Crippen molar-refractivity contribution in [1.29, 1.82) is 0 Å². The number of aryl methyl sites for hydroxylation is 1. The Morgan fingerprint density at radius 3 is 2.07 bits per heavy atom. The van der Waals surface area contributed by atoms with E-state index in [0.717, 1.165) is 30.6 Å². The van der Waals surface area contributed by atoms with Crippen LogP contribution in [0.2, 0.25) is 0 Å². The summed E-state index contributed by atoms with van der Waals surface area (Å²) in [5.74, 6) is 0.464. The van der Waals surface area contributed by atoms with Crippen molar-refractivity contribution < 1.29 is 14.3 Å². The summed E-state index contributed by atoms with van der Waals surface area (Å²) in [4.78, 5) is 26.2. The fourth-order valence-corrected chi connectivity index (χ4v) is 3.61. The van der Waals surface area contributed by atoms with Gasteiger partial charge in [-0.05, 0) is 48.2 Å². The molecular formula is C25H23NO3. The van der Waals surface area contributed by atoms with Crippen molar-refractivity contribution in [2.24, 2.45) is 0 Å². The van der Waals surface area contributed by atoms with E-state index in [2.05, 4.69) is 12.1 Å². The third-order valence-electron chi connectivity index (χ3n) is 5.13. The normalized spacial score (nSPS) is 12.9. The summed E-state index contributed by atoms with van der Waals surface area (Å²) >= 11 is 0. The predicted octanol–water partition coefficient (Wildman–Crippen LogP) is 4.54. The summed E-state index contributed by atoms with van der Waals surface area (Å²) in [5, 5.41) is 0. The Labute approximate surface area is 170 Å². The molecule has 4 heteroatoms. The second-order valence-electron chi connectivity index (χ2n) is 7.14. The van der Waals surface area contributed by atoms with E-state index in [1.54, 1.807) is 24.3 Å². The Hall–Kier alpha value is -3.40. The molecule has 146 valence electrons. The van der Waals surface area contributed by atoms with Gasteiger partial charge in [-0.1, -0.05) is 54.6 Å². The van der Waals surface area contributed by atoms with Crippen LogP contribution in [0.4, 0.5) is 0 Å². The number of rotatable bonds is 8. The lowest BCUT2D eigenvalue weighted by Gasteiger charge is -2.14. The summed E-state index contributed by atoms with van der Waals surface area (Å²) in [5.41, 5.74) is 3.40. The first-order valence-electron chi connectivity index (χ1n) is 9.93. The molecule has 0 atom stereocenters. The second-order valence-corrected chi connectivity index (χ2v) is 7.14. The van der Waals surface area contributed by atoms with E-state index in [0.29, 0.717) is 24.3 Å². The Bertz CT molecular complexity index is 978. The van der Waals surface area contributed by atoms with E-state index in [4.69, 9.17) is 4.74 Å². The summed E-state index contributed by atoms with van der Waals surface area (Å²) in [6.45, 7) is 1.05. The molecule has 4 rings (SSSR count). The molecule has 0 bridgehead atoms. The predicted molar refractivity (Wildman–Crippen MR) is 112 cm³/mol. The summed E-state index contributed by atoms with van der Waals surface area (Å²) in [6, 6.07) is 25.3. The molecular weight excluding hydrogens is 362 g/mol. The molecule has 0 spiro atoms. The van der Waals surface area contributed by atoms with E-state index < -0.39 is 0 Å². The molecule has 3 aromatic rings. The second kappa shape index (κ2) is 8.74. The average molecular weight is 385 g/mol. The molecule has 0 fully saturated rings. The molecule has 0 N–H and O–H groups in total. The number of hydrogen-bond acceptors (Lipinski definition) is 3. The topological polar surface area (TPSA) is 46.6 Å². The average Bonchev–Trinajstić information content (AvgIpc) is 3.00. The molecule has 2 amide bonds. The Balaban J connectivity index is 1.28. The lowest BCUT2D eigenvalue weighted by atomic mass is 10.1. The van der Waals surface area contributed by atoms with Crippen LogP contribution in [-0.2, 0) is 12.8 Å². The molecule has 1 aliphatic heterocycles. The molecule has 0 unspecified atom stereocenters. The van der Waals surface area contributed by atoms with Crippen molar-refractivity contribution >= 4 is 11.8 Å². The van der Waals surface area contributed by atoms with Crippen LogP contribution >= 0.6 is 0 Å². The van der Waals surface area contributed by atoms with E-state index in [1.165, 1.54) is 10.5 Å². The van der Waals surface area contributed by atoms with Gasteiger partial charge in [-0.15, -0.1) is 0 Å². The first kappa shape index (κ1) is 18.9. The number of fused-ring (bicyclic) bond motifs is 1. The fraction of sp³-hybridized carbons (Fsp3) is 0.200. The van der Waals surface area contributed by atoms with Gasteiger partial charge in [0.1, 0.15) is 5.75 Å². The minimum Gasteiger partial charge on any atom is -0.493 e. The quantitative estimate of drug-likeness (QED) is 0.535. The standard InChI is InChI=1S/C25H23NO3/c27-24-22-13-4-5-14-23(22)25(28)26(24)16-7-11-20-10-6-12-21(18-20)29-17-15-19-8-2-1-3-9-19/h1-6,8-10,12-14,18H,7,11,15-17H2. The molecule has 4 nitrogen and oxygen atoms in total. The van der Waals surface area contributed by atoms with Gasteiger partial charge < -0.3 is 4.74 Å². The largest absolute Gasteiger partial charge is 0.493 e. The number of benzene rings is 3. The number of ether oxygens (including phenoxy) is 1. The van der Waals surface area contributed by atoms with Crippen LogP contribution in [0.25, 0.3) is 0 Å². The third kappa shape index (κ3) is 4.37. The molecule has 0 saturated heterocycles. The van der Waals surface area contributed by atoms with Crippen LogP contribution in [0.3, 0.4) is 0 Å². The van der Waals surface area contributed by atoms with Gasteiger partial charge in [0, 0.05) is 13.0 Å². The maximum Gasteiger partial charge on any atom is 0.261 e. The number of carbonyl (C=O) groups is 2. The monoisotopic (exact) mass is 385 g/mol. The summed E-state index contributed by atoms with van der Waals surface area (Å²) in [7, 11) is 0.